The van der Waals surface area contributed by atoms with Crippen molar-refractivity contribution in [2.75, 3.05) is 9.80 Å². The van der Waals surface area contributed by atoms with Gasteiger partial charge in [0, 0.05) is 66.2 Å². The molecule has 14 rings (SSSR count). The predicted molar refractivity (Wildman–Crippen MR) is 286 cm³/mol. The highest BCUT2D eigenvalue weighted by atomic mass is 16.3. The van der Waals surface area contributed by atoms with Crippen LogP contribution in [0.5, 0.6) is 0 Å². The van der Waals surface area contributed by atoms with E-state index >= 15 is 0 Å². The Kier molecular flexibility index (Phi) is 9.10. The minimum Gasteiger partial charge on any atom is -0.456 e. The Bertz CT molecular complexity index is 3890. The van der Waals surface area contributed by atoms with E-state index in [9.17, 15) is 0 Å². The molecule has 14 aromatic rings. The molecule has 330 valence electrons. The highest BCUT2D eigenvalue weighted by Gasteiger charge is 2.22. The fourth-order valence-corrected chi connectivity index (χ4v) is 10.1. The van der Waals surface area contributed by atoms with Crippen LogP contribution in [0.15, 0.2) is 260 Å². The van der Waals surface area contributed by atoms with Gasteiger partial charge < -0.3 is 27.5 Å². The molecule has 0 aliphatic heterocycles. The number of anilines is 6. The van der Waals surface area contributed by atoms with Gasteiger partial charge in [-0.15, -0.1) is 0 Å². The Morgan fingerprint density at radius 3 is 0.957 bits per heavy atom. The summed E-state index contributed by atoms with van der Waals surface area (Å²) < 4.78 is 25.8. The molecule has 4 heterocycles. The van der Waals surface area contributed by atoms with Gasteiger partial charge in [-0.25, -0.2) is 0 Å². The maximum atomic E-state index is 6.63. The first kappa shape index (κ1) is 39.6. The summed E-state index contributed by atoms with van der Waals surface area (Å²) in [6, 6.07) is 84.3. The Labute approximate surface area is 402 Å². The lowest BCUT2D eigenvalue weighted by Crippen LogP contribution is -2.10. The van der Waals surface area contributed by atoms with Crippen LogP contribution in [0.3, 0.4) is 0 Å². The summed E-state index contributed by atoms with van der Waals surface area (Å²) in [5, 5.41) is 6.48. The zero-order valence-corrected chi connectivity index (χ0v) is 37.6. The van der Waals surface area contributed by atoms with E-state index in [2.05, 4.69) is 192 Å². The first-order chi connectivity index (χ1) is 34.7. The summed E-state index contributed by atoms with van der Waals surface area (Å²) in [5.74, 6) is 1.67. The van der Waals surface area contributed by atoms with Crippen LogP contribution in [-0.2, 0) is 0 Å². The fraction of sp³-hybridized carbons (Fsp3) is 0. The summed E-state index contributed by atoms with van der Waals surface area (Å²) in [4.78, 5) is 4.55. The van der Waals surface area contributed by atoms with E-state index < -0.39 is 0 Å². The maximum Gasteiger partial charge on any atom is 0.159 e. The minimum atomic E-state index is 0.830. The van der Waals surface area contributed by atoms with Crippen molar-refractivity contribution in [3.8, 4) is 33.8 Å². The van der Waals surface area contributed by atoms with E-state index in [1.165, 1.54) is 0 Å². The molecule has 0 amide bonds. The molecular formula is C64H40N2O4. The van der Waals surface area contributed by atoms with E-state index in [0.717, 1.165) is 134 Å². The molecule has 0 atom stereocenters. The number of benzene rings is 10. The normalized spacial score (nSPS) is 11.7. The summed E-state index contributed by atoms with van der Waals surface area (Å²) in [7, 11) is 0. The summed E-state index contributed by atoms with van der Waals surface area (Å²) >= 11 is 0. The Hall–Kier alpha value is -9.52. The van der Waals surface area contributed by atoms with Crippen molar-refractivity contribution in [2.24, 2.45) is 0 Å². The molecule has 0 aliphatic carbocycles. The molecule has 10 aromatic carbocycles. The van der Waals surface area contributed by atoms with E-state index in [1.807, 2.05) is 60.7 Å². The van der Waals surface area contributed by atoms with Gasteiger partial charge in [0.25, 0.3) is 0 Å². The zero-order chi connectivity index (χ0) is 46.1. The summed E-state index contributed by atoms with van der Waals surface area (Å²) in [5.41, 5.74) is 15.2. The van der Waals surface area contributed by atoms with Crippen molar-refractivity contribution in [3.63, 3.8) is 0 Å². The highest BCUT2D eigenvalue weighted by Crippen LogP contribution is 2.45. The molecule has 0 unspecified atom stereocenters. The van der Waals surface area contributed by atoms with Gasteiger partial charge >= 0.3 is 0 Å². The van der Waals surface area contributed by atoms with Crippen molar-refractivity contribution >= 4 is 99.9 Å². The standard InChI is InChI=1S/C64H40N2O4/c1-5-19-57-45(11-1)39-61(67-57)43-27-35-49(36-28-43)65(55-17-9-15-53-51-13-3-7-21-59(51)69-63(53)55)47-31-23-41(24-32-47)42-25-33-48(34-26-42)66(56-18-10-16-54-52-14-4-8-22-60(52)70-64(54)56)50-37-29-44(30-38-50)62-40-46-12-2-6-20-58(46)68-62/h1-40H. The van der Waals surface area contributed by atoms with Crippen molar-refractivity contribution in [1.82, 2.24) is 0 Å². The molecule has 0 bridgehead atoms. The number of fused-ring (bicyclic) bond motifs is 8. The monoisotopic (exact) mass is 900 g/mol. The van der Waals surface area contributed by atoms with Crippen LogP contribution in [0.2, 0.25) is 0 Å². The quantitative estimate of drug-likeness (QED) is 0.144. The Balaban J connectivity index is 0.832. The molecule has 6 nitrogen and oxygen atoms in total. The molecular weight excluding hydrogens is 861 g/mol. The third-order valence-corrected chi connectivity index (χ3v) is 13.5. The second-order valence-electron chi connectivity index (χ2n) is 17.7. The average molecular weight is 901 g/mol. The van der Waals surface area contributed by atoms with E-state index in [-0.39, 0.29) is 0 Å². The van der Waals surface area contributed by atoms with E-state index in [1.54, 1.807) is 0 Å². The van der Waals surface area contributed by atoms with Gasteiger partial charge in [0.1, 0.15) is 33.9 Å². The largest absolute Gasteiger partial charge is 0.456 e. The highest BCUT2D eigenvalue weighted by molar-refractivity contribution is 6.11. The number of hydrogen-bond acceptors (Lipinski definition) is 6. The zero-order valence-electron chi connectivity index (χ0n) is 37.6. The SMILES string of the molecule is c1ccc2oc(-c3ccc(N(c4ccc(-c5ccc(N(c6ccc(-c7cc8ccccc8o7)cc6)c6cccc7c6oc6ccccc67)cc5)cc4)c4cccc5c4oc4ccccc45)cc3)cc2c1. The molecule has 0 N–H and O–H groups in total. The molecule has 6 heteroatoms. The first-order valence-electron chi connectivity index (χ1n) is 23.5. The van der Waals surface area contributed by atoms with Crippen LogP contribution in [0.1, 0.15) is 0 Å². The molecule has 70 heavy (non-hydrogen) atoms. The van der Waals surface area contributed by atoms with E-state index in [0.29, 0.717) is 0 Å². The Morgan fingerprint density at radius 1 is 0.243 bits per heavy atom. The van der Waals surface area contributed by atoms with Gasteiger partial charge in [-0.2, -0.15) is 0 Å². The maximum absolute atomic E-state index is 6.63. The smallest absolute Gasteiger partial charge is 0.159 e. The van der Waals surface area contributed by atoms with Crippen LogP contribution < -0.4 is 9.80 Å². The third kappa shape index (κ3) is 6.65. The molecule has 4 aromatic heterocycles. The first-order valence-corrected chi connectivity index (χ1v) is 23.5. The lowest BCUT2D eigenvalue weighted by Gasteiger charge is -2.26. The van der Waals surface area contributed by atoms with Crippen LogP contribution in [0.25, 0.3) is 99.6 Å². The number of hydrogen-bond donors (Lipinski definition) is 0. The number of furan rings is 4. The third-order valence-electron chi connectivity index (χ3n) is 13.5. The molecule has 0 radical (unpaired) electrons. The van der Waals surface area contributed by atoms with Crippen LogP contribution >= 0.6 is 0 Å². The second-order valence-corrected chi connectivity index (χ2v) is 17.7. The molecule has 0 spiro atoms. The molecule has 0 saturated heterocycles. The summed E-state index contributed by atoms with van der Waals surface area (Å²) in [6.45, 7) is 0. The summed E-state index contributed by atoms with van der Waals surface area (Å²) in [6.07, 6.45) is 0. The molecule has 0 aliphatic rings. The van der Waals surface area contributed by atoms with Gasteiger partial charge in [0.2, 0.25) is 0 Å². The number of para-hydroxylation sites is 6. The number of nitrogens with zero attached hydrogens (tertiary/aromatic N) is 2. The lowest BCUT2D eigenvalue weighted by atomic mass is 10.0. The van der Waals surface area contributed by atoms with Crippen LogP contribution in [0.4, 0.5) is 34.1 Å². The van der Waals surface area contributed by atoms with Crippen LogP contribution in [0, 0.1) is 0 Å². The van der Waals surface area contributed by atoms with Gasteiger partial charge in [-0.3, -0.25) is 0 Å². The van der Waals surface area contributed by atoms with Gasteiger partial charge in [-0.1, -0.05) is 121 Å². The topological polar surface area (TPSA) is 59.0 Å². The second kappa shape index (κ2) is 16.1. The van der Waals surface area contributed by atoms with Crippen molar-refractivity contribution in [3.05, 3.63) is 243 Å². The predicted octanol–water partition coefficient (Wildman–Crippen LogP) is 18.9. The van der Waals surface area contributed by atoms with Crippen molar-refractivity contribution < 1.29 is 17.7 Å². The van der Waals surface area contributed by atoms with Crippen molar-refractivity contribution in [2.45, 2.75) is 0 Å². The molecule has 0 saturated carbocycles. The van der Waals surface area contributed by atoms with Gasteiger partial charge in [0.15, 0.2) is 11.2 Å². The minimum absolute atomic E-state index is 0.830. The molecule has 0 fully saturated rings. The fourth-order valence-electron chi connectivity index (χ4n) is 10.1. The van der Waals surface area contributed by atoms with E-state index in [4.69, 9.17) is 17.7 Å². The van der Waals surface area contributed by atoms with Crippen LogP contribution in [-0.4, -0.2) is 0 Å². The van der Waals surface area contributed by atoms with Gasteiger partial charge in [0.05, 0.1) is 11.4 Å². The Morgan fingerprint density at radius 2 is 0.571 bits per heavy atom. The number of rotatable bonds is 9. The average Bonchev–Trinajstić information content (AvgIpc) is 4.23. The van der Waals surface area contributed by atoms with Crippen molar-refractivity contribution in [1.29, 1.82) is 0 Å². The van der Waals surface area contributed by atoms with Gasteiger partial charge in [-0.05, 0) is 132 Å². The lowest BCUT2D eigenvalue weighted by molar-refractivity contribution is 0.631.